The van der Waals surface area contributed by atoms with Gasteiger partial charge in [0.25, 0.3) is 0 Å². The van der Waals surface area contributed by atoms with E-state index in [2.05, 4.69) is 22.6 Å². The number of hydrogen-bond acceptors (Lipinski definition) is 3. The maximum Gasteiger partial charge on any atom is 0.307 e. The molecule has 0 aromatic heterocycles. The summed E-state index contributed by atoms with van der Waals surface area (Å²) in [5.74, 6) is -1.46. The molecule has 0 bridgehead atoms. The molecule has 74 valence electrons. The highest BCUT2D eigenvalue weighted by atomic mass is 127. The Kier molecular flexibility index (Phi) is 3.46. The molecule has 1 aliphatic rings. The van der Waals surface area contributed by atoms with Gasteiger partial charge in [-0.3, -0.25) is 14.9 Å². The summed E-state index contributed by atoms with van der Waals surface area (Å²) in [4.78, 5) is 20.8. The molecule has 1 rings (SSSR count). The van der Waals surface area contributed by atoms with Crippen LogP contribution in [0.25, 0.3) is 0 Å². The highest BCUT2D eigenvalue weighted by molar-refractivity contribution is 14.1. The van der Waals surface area contributed by atoms with Gasteiger partial charge in [0.1, 0.15) is 0 Å². The number of carboxylic acids is 1. The first-order valence-electron chi connectivity index (χ1n) is 4.02. The highest BCUT2D eigenvalue weighted by Crippen LogP contribution is 2.31. The van der Waals surface area contributed by atoms with Crippen molar-refractivity contribution >= 4 is 28.6 Å². The first-order chi connectivity index (χ1) is 6.02. The molecule has 0 aromatic carbocycles. The summed E-state index contributed by atoms with van der Waals surface area (Å²) in [5, 5.41) is 19.2. The number of nitro groups is 1. The van der Waals surface area contributed by atoms with Crippen molar-refractivity contribution < 1.29 is 14.8 Å². The van der Waals surface area contributed by atoms with Gasteiger partial charge in [0, 0.05) is 21.7 Å². The fourth-order valence-electron chi connectivity index (χ4n) is 1.56. The standard InChI is InChI=1S/C7H10INO4/c8-6-2-1-4(9(12)13)3-5(6)7(10)11/h4-6H,1-3H2,(H,10,11). The van der Waals surface area contributed by atoms with Crippen LogP contribution < -0.4 is 0 Å². The van der Waals surface area contributed by atoms with Crippen LogP contribution in [0, 0.1) is 16.0 Å². The maximum atomic E-state index is 10.7. The predicted octanol–water partition coefficient (Wildman–Crippen LogP) is 1.32. The number of aliphatic carboxylic acids is 1. The molecule has 0 aliphatic heterocycles. The molecule has 0 heterocycles. The van der Waals surface area contributed by atoms with Crippen molar-refractivity contribution in [2.75, 3.05) is 0 Å². The largest absolute Gasteiger partial charge is 0.481 e. The van der Waals surface area contributed by atoms with E-state index < -0.39 is 17.9 Å². The Hall–Kier alpha value is -0.400. The lowest BCUT2D eigenvalue weighted by Crippen LogP contribution is -2.37. The number of alkyl halides is 1. The number of rotatable bonds is 2. The van der Waals surface area contributed by atoms with Crippen LogP contribution in [0.15, 0.2) is 0 Å². The zero-order chi connectivity index (χ0) is 10.0. The van der Waals surface area contributed by atoms with Crippen LogP contribution in [0.1, 0.15) is 19.3 Å². The van der Waals surface area contributed by atoms with Gasteiger partial charge in [-0.15, -0.1) is 0 Å². The number of carboxylic acid groups (broad SMARTS) is 1. The quantitative estimate of drug-likeness (QED) is 0.361. The van der Waals surface area contributed by atoms with E-state index in [1.54, 1.807) is 0 Å². The summed E-state index contributed by atoms with van der Waals surface area (Å²) in [6, 6.07) is -0.660. The van der Waals surface area contributed by atoms with Gasteiger partial charge in [0.05, 0.1) is 5.92 Å². The minimum absolute atomic E-state index is 0.0336. The van der Waals surface area contributed by atoms with Gasteiger partial charge in [-0.1, -0.05) is 22.6 Å². The summed E-state index contributed by atoms with van der Waals surface area (Å²) in [7, 11) is 0. The molecule has 1 aliphatic carbocycles. The van der Waals surface area contributed by atoms with Crippen LogP contribution in [0.5, 0.6) is 0 Å². The Bertz CT molecular complexity index is 233. The van der Waals surface area contributed by atoms with Gasteiger partial charge in [-0.25, -0.2) is 0 Å². The number of nitrogens with zero attached hydrogens (tertiary/aromatic N) is 1. The third-order valence-electron chi connectivity index (χ3n) is 2.35. The summed E-state index contributed by atoms with van der Waals surface area (Å²) >= 11 is 2.06. The van der Waals surface area contributed by atoms with Crippen molar-refractivity contribution in [2.24, 2.45) is 5.92 Å². The SMILES string of the molecule is O=C(O)C1CC([N+](=O)[O-])CCC1I. The third-order valence-corrected chi connectivity index (χ3v) is 3.84. The average molecular weight is 299 g/mol. The van der Waals surface area contributed by atoms with Crippen molar-refractivity contribution in [2.45, 2.75) is 29.2 Å². The lowest BCUT2D eigenvalue weighted by Gasteiger charge is -2.25. The van der Waals surface area contributed by atoms with Crippen LogP contribution in [0.2, 0.25) is 0 Å². The van der Waals surface area contributed by atoms with E-state index in [4.69, 9.17) is 5.11 Å². The molecule has 0 saturated heterocycles. The second-order valence-corrected chi connectivity index (χ2v) is 4.81. The molecule has 3 unspecified atom stereocenters. The first-order valence-corrected chi connectivity index (χ1v) is 5.27. The van der Waals surface area contributed by atoms with Crippen LogP contribution in [0.3, 0.4) is 0 Å². The Morgan fingerprint density at radius 2 is 2.15 bits per heavy atom. The van der Waals surface area contributed by atoms with E-state index in [1.165, 1.54) is 0 Å². The second-order valence-electron chi connectivity index (χ2n) is 3.21. The maximum absolute atomic E-state index is 10.7. The molecule has 0 radical (unpaired) electrons. The van der Waals surface area contributed by atoms with Crippen molar-refractivity contribution in [3.05, 3.63) is 10.1 Å². The summed E-state index contributed by atoms with van der Waals surface area (Å²) in [6.07, 6.45) is 1.31. The summed E-state index contributed by atoms with van der Waals surface area (Å²) in [6.45, 7) is 0. The topological polar surface area (TPSA) is 80.4 Å². The molecule has 0 aromatic rings. The van der Waals surface area contributed by atoms with Crippen LogP contribution >= 0.6 is 22.6 Å². The minimum Gasteiger partial charge on any atom is -0.481 e. The van der Waals surface area contributed by atoms with Gasteiger partial charge >= 0.3 is 5.97 Å². The number of carbonyl (C=O) groups is 1. The number of halogens is 1. The van der Waals surface area contributed by atoms with Crippen molar-refractivity contribution in [1.82, 2.24) is 0 Å². The molecule has 6 heteroatoms. The number of hydrogen-bond donors (Lipinski definition) is 1. The molecule has 0 amide bonds. The van der Waals surface area contributed by atoms with E-state index in [-0.39, 0.29) is 15.3 Å². The molecule has 1 saturated carbocycles. The van der Waals surface area contributed by atoms with Crippen LogP contribution in [-0.4, -0.2) is 26.0 Å². The van der Waals surface area contributed by atoms with Crippen LogP contribution in [0.4, 0.5) is 0 Å². The monoisotopic (exact) mass is 299 g/mol. The van der Waals surface area contributed by atoms with Gasteiger partial charge in [0.15, 0.2) is 0 Å². The second kappa shape index (κ2) is 4.21. The van der Waals surface area contributed by atoms with E-state index in [0.29, 0.717) is 12.8 Å². The highest BCUT2D eigenvalue weighted by Gasteiger charge is 2.38. The van der Waals surface area contributed by atoms with Gasteiger partial charge < -0.3 is 5.11 Å². The lowest BCUT2D eigenvalue weighted by molar-refractivity contribution is -0.527. The fraction of sp³-hybridized carbons (Fsp3) is 0.857. The fourth-order valence-corrected chi connectivity index (χ4v) is 2.52. The Morgan fingerprint density at radius 3 is 2.62 bits per heavy atom. The zero-order valence-corrected chi connectivity index (χ0v) is 9.01. The molecular weight excluding hydrogens is 289 g/mol. The third kappa shape index (κ3) is 2.52. The zero-order valence-electron chi connectivity index (χ0n) is 6.85. The Balaban J connectivity index is 2.63. The van der Waals surface area contributed by atoms with Crippen LogP contribution in [-0.2, 0) is 4.79 Å². The van der Waals surface area contributed by atoms with Crippen molar-refractivity contribution in [3.8, 4) is 0 Å². The van der Waals surface area contributed by atoms with Crippen molar-refractivity contribution in [1.29, 1.82) is 0 Å². The van der Waals surface area contributed by atoms with Crippen molar-refractivity contribution in [3.63, 3.8) is 0 Å². The summed E-state index contributed by atoms with van der Waals surface area (Å²) in [5.41, 5.74) is 0. The smallest absolute Gasteiger partial charge is 0.307 e. The summed E-state index contributed by atoms with van der Waals surface area (Å²) < 4.78 is 0.0336. The van der Waals surface area contributed by atoms with Gasteiger partial charge in [0.2, 0.25) is 6.04 Å². The normalized spacial score (nSPS) is 34.1. The molecule has 13 heavy (non-hydrogen) atoms. The molecule has 1 fully saturated rings. The van der Waals surface area contributed by atoms with Gasteiger partial charge in [-0.05, 0) is 6.42 Å². The van der Waals surface area contributed by atoms with E-state index in [9.17, 15) is 14.9 Å². The molecule has 1 N–H and O–H groups in total. The molecule has 5 nitrogen and oxygen atoms in total. The average Bonchev–Trinajstić information content (AvgIpc) is 2.04. The predicted molar refractivity (Wildman–Crippen MR) is 53.6 cm³/mol. The minimum atomic E-state index is -0.911. The molecule has 0 spiro atoms. The van der Waals surface area contributed by atoms with Gasteiger partial charge in [-0.2, -0.15) is 0 Å². The van der Waals surface area contributed by atoms with E-state index in [1.807, 2.05) is 0 Å². The van der Waals surface area contributed by atoms with E-state index >= 15 is 0 Å². The first kappa shape index (κ1) is 10.7. The van der Waals surface area contributed by atoms with E-state index in [0.717, 1.165) is 0 Å². The Labute approximate surface area is 88.8 Å². The molecular formula is C7H10INO4. The lowest BCUT2D eigenvalue weighted by atomic mass is 9.86. The molecule has 3 atom stereocenters. The Morgan fingerprint density at radius 1 is 1.54 bits per heavy atom.